The molecular formula is C28H40N4O2. The first-order valence-corrected chi connectivity index (χ1v) is 13.2. The van der Waals surface area contributed by atoms with Crippen LogP contribution in [0.3, 0.4) is 0 Å². The van der Waals surface area contributed by atoms with Gasteiger partial charge < -0.3 is 15.0 Å². The molecule has 1 aromatic carbocycles. The molecule has 0 saturated heterocycles. The zero-order valence-corrected chi connectivity index (χ0v) is 21.3. The molecular weight excluding hydrogens is 424 g/mol. The molecule has 3 atom stereocenters. The van der Waals surface area contributed by atoms with Gasteiger partial charge in [-0.25, -0.2) is 0 Å². The van der Waals surface area contributed by atoms with Crippen LogP contribution in [-0.2, 0) is 4.79 Å². The van der Waals surface area contributed by atoms with E-state index in [0.29, 0.717) is 24.8 Å². The minimum absolute atomic E-state index is 0.0257. The Morgan fingerprint density at radius 3 is 2.53 bits per heavy atom. The third-order valence-corrected chi connectivity index (χ3v) is 8.18. The topological polar surface area (TPSA) is 80.0 Å². The van der Waals surface area contributed by atoms with Gasteiger partial charge in [-0.3, -0.25) is 4.79 Å². The fraction of sp³-hybridized carbons (Fsp3) is 0.679. The van der Waals surface area contributed by atoms with Crippen molar-refractivity contribution < 1.29 is 9.90 Å². The Morgan fingerprint density at radius 2 is 1.88 bits per heavy atom. The summed E-state index contributed by atoms with van der Waals surface area (Å²) in [5.74, 6) is 3.59. The molecule has 0 radical (unpaired) electrons. The van der Waals surface area contributed by atoms with Gasteiger partial charge in [0.05, 0.1) is 11.5 Å². The van der Waals surface area contributed by atoms with Crippen LogP contribution in [0.1, 0.15) is 106 Å². The number of amides is 1. The van der Waals surface area contributed by atoms with E-state index in [4.69, 9.17) is 10.2 Å². The van der Waals surface area contributed by atoms with Gasteiger partial charge in [-0.05, 0) is 89.2 Å². The molecule has 3 aliphatic rings. The average Bonchev–Trinajstić information content (AvgIpc) is 3.38. The molecule has 0 aliphatic heterocycles. The Hall–Kier alpha value is -2.21. The van der Waals surface area contributed by atoms with E-state index < -0.39 is 5.60 Å². The Morgan fingerprint density at radius 1 is 1.18 bits per heavy atom. The number of carbonyl (C=O) groups is 1. The van der Waals surface area contributed by atoms with Crippen LogP contribution in [0.2, 0.25) is 0 Å². The van der Waals surface area contributed by atoms with Crippen LogP contribution in [0.15, 0.2) is 18.2 Å². The van der Waals surface area contributed by atoms with Crippen LogP contribution in [0.4, 0.5) is 5.69 Å². The van der Waals surface area contributed by atoms with E-state index in [1.54, 1.807) is 0 Å². The second-order valence-electron chi connectivity index (χ2n) is 12.1. The number of nitrogens with zero attached hydrogens (tertiary/aromatic N) is 3. The second kappa shape index (κ2) is 8.78. The molecule has 1 unspecified atom stereocenters. The molecule has 1 amide bonds. The Balaban J connectivity index is 1.39. The summed E-state index contributed by atoms with van der Waals surface area (Å²) in [5, 5.41) is 23.6. The molecule has 0 spiro atoms. The number of anilines is 1. The minimum Gasteiger partial charge on any atom is -0.390 e. The summed E-state index contributed by atoms with van der Waals surface area (Å²) in [4.78, 5) is 13.5. The molecule has 2 N–H and O–H groups in total. The van der Waals surface area contributed by atoms with E-state index in [1.165, 1.54) is 24.8 Å². The van der Waals surface area contributed by atoms with Crippen LogP contribution in [0, 0.1) is 31.6 Å². The van der Waals surface area contributed by atoms with E-state index in [0.717, 1.165) is 47.6 Å². The van der Waals surface area contributed by atoms with E-state index in [9.17, 15) is 9.90 Å². The second-order valence-corrected chi connectivity index (χ2v) is 12.1. The molecule has 34 heavy (non-hydrogen) atoms. The van der Waals surface area contributed by atoms with Crippen LogP contribution >= 0.6 is 0 Å². The van der Waals surface area contributed by atoms with Crippen molar-refractivity contribution in [2.45, 2.75) is 103 Å². The minimum atomic E-state index is -0.881. The van der Waals surface area contributed by atoms with Crippen molar-refractivity contribution in [2.75, 3.05) is 5.32 Å². The third-order valence-electron chi connectivity index (χ3n) is 8.18. The lowest BCUT2D eigenvalue weighted by molar-refractivity contribution is -0.120. The quantitative estimate of drug-likeness (QED) is 0.555. The maximum atomic E-state index is 13.5. The first-order chi connectivity index (χ1) is 16.1. The van der Waals surface area contributed by atoms with Crippen molar-refractivity contribution in [1.82, 2.24) is 14.8 Å². The zero-order chi connectivity index (χ0) is 24.2. The number of rotatable bonds is 7. The lowest BCUT2D eigenvalue weighted by Gasteiger charge is -2.36. The predicted octanol–water partition coefficient (Wildman–Crippen LogP) is 5.65. The first kappa shape index (κ1) is 23.5. The average molecular weight is 465 g/mol. The molecule has 184 valence electrons. The summed E-state index contributed by atoms with van der Waals surface area (Å²) in [7, 11) is 0. The van der Waals surface area contributed by atoms with Crippen molar-refractivity contribution in [1.29, 1.82) is 0 Å². The number of aromatic nitrogens is 3. The molecule has 5 rings (SSSR count). The number of aliphatic hydroxyl groups is 1. The largest absolute Gasteiger partial charge is 0.390 e. The van der Waals surface area contributed by atoms with E-state index in [-0.39, 0.29) is 17.7 Å². The molecule has 3 fully saturated rings. The highest BCUT2D eigenvalue weighted by atomic mass is 16.3. The van der Waals surface area contributed by atoms with Crippen molar-refractivity contribution in [3.63, 3.8) is 0 Å². The van der Waals surface area contributed by atoms with Crippen LogP contribution in [0.5, 0.6) is 0 Å². The number of hydrogen-bond acceptors (Lipinski definition) is 4. The van der Waals surface area contributed by atoms with Crippen molar-refractivity contribution in [2.24, 2.45) is 17.8 Å². The van der Waals surface area contributed by atoms with Gasteiger partial charge in [-0.1, -0.05) is 31.5 Å². The number of aryl methyl sites for hydroxylation is 2. The molecule has 3 aliphatic carbocycles. The predicted molar refractivity (Wildman–Crippen MR) is 134 cm³/mol. The van der Waals surface area contributed by atoms with Gasteiger partial charge in [0.25, 0.3) is 0 Å². The van der Waals surface area contributed by atoms with Crippen LogP contribution in [-0.4, -0.2) is 31.4 Å². The van der Waals surface area contributed by atoms with Crippen molar-refractivity contribution in [3.8, 4) is 0 Å². The van der Waals surface area contributed by atoms with E-state index in [2.05, 4.69) is 36.7 Å². The Kier molecular flexibility index (Phi) is 6.07. The monoisotopic (exact) mass is 464 g/mol. The van der Waals surface area contributed by atoms with E-state index >= 15 is 0 Å². The fourth-order valence-corrected chi connectivity index (χ4v) is 6.40. The van der Waals surface area contributed by atoms with Gasteiger partial charge in [0.1, 0.15) is 11.6 Å². The molecule has 3 saturated carbocycles. The highest BCUT2D eigenvalue weighted by molar-refractivity contribution is 5.94. The molecule has 6 nitrogen and oxygen atoms in total. The zero-order valence-electron chi connectivity index (χ0n) is 21.3. The summed E-state index contributed by atoms with van der Waals surface area (Å²) < 4.78 is 2.37. The Labute approximate surface area is 203 Å². The number of hydrogen-bond donors (Lipinski definition) is 2. The fourth-order valence-electron chi connectivity index (χ4n) is 6.40. The van der Waals surface area contributed by atoms with Gasteiger partial charge in [0.15, 0.2) is 0 Å². The normalized spacial score (nSPS) is 31.0. The van der Waals surface area contributed by atoms with Crippen molar-refractivity contribution >= 4 is 11.6 Å². The van der Waals surface area contributed by atoms with Crippen LogP contribution < -0.4 is 5.32 Å². The lowest BCUT2D eigenvalue weighted by Crippen LogP contribution is -2.28. The van der Waals surface area contributed by atoms with E-state index in [1.807, 2.05) is 26.0 Å². The number of carbonyl (C=O) groups excluding carboxylic acids is 1. The summed E-state index contributed by atoms with van der Waals surface area (Å²) in [6, 6.07) is 6.53. The summed E-state index contributed by atoms with van der Waals surface area (Å²) >= 11 is 0. The van der Waals surface area contributed by atoms with Gasteiger partial charge in [-0.15, -0.1) is 10.2 Å². The Bertz CT molecular complexity index is 1060. The highest BCUT2D eigenvalue weighted by Crippen LogP contribution is 2.51. The summed E-state index contributed by atoms with van der Waals surface area (Å²) in [6.45, 7) is 10.5. The lowest BCUT2D eigenvalue weighted by atomic mass is 9.71. The molecule has 1 aromatic heterocycles. The molecule has 1 heterocycles. The molecule has 2 aromatic rings. The smallest absolute Gasteiger partial charge is 0.228 e. The third kappa shape index (κ3) is 4.66. The van der Waals surface area contributed by atoms with Gasteiger partial charge in [-0.2, -0.15) is 0 Å². The maximum Gasteiger partial charge on any atom is 0.228 e. The standard InChI is InChI=1S/C28H40N4O2/c1-16(2)10-19-12-20(13-19)25-30-31-26(32(25)21-7-8-21)22-14-28(5,34)15-23(22)27(33)29-24-9-6-17(3)11-18(24)4/h6,9,11,16,19-23,34H,7-8,10,12-15H2,1-5H3,(H,29,33)/t19-,20+,22-,23-,28?/m1/s1. The highest BCUT2D eigenvalue weighted by Gasteiger charge is 2.49. The van der Waals surface area contributed by atoms with Gasteiger partial charge >= 0.3 is 0 Å². The number of nitrogens with one attached hydrogen (secondary N) is 1. The maximum absolute atomic E-state index is 13.5. The number of benzene rings is 1. The van der Waals surface area contributed by atoms with Crippen molar-refractivity contribution in [3.05, 3.63) is 41.0 Å². The first-order valence-electron chi connectivity index (χ1n) is 13.2. The SMILES string of the molecule is Cc1ccc(NC(=O)[C@@H]2CC(C)(O)C[C@H]2c2nnc([C@H]3C[C@@H](CC(C)C)C3)n2C2CC2)c(C)c1. The van der Waals surface area contributed by atoms with Gasteiger partial charge in [0, 0.05) is 23.6 Å². The summed E-state index contributed by atoms with van der Waals surface area (Å²) in [5.41, 5.74) is 2.19. The molecule has 6 heteroatoms. The van der Waals surface area contributed by atoms with Crippen LogP contribution in [0.25, 0.3) is 0 Å². The molecule has 0 bridgehead atoms. The summed E-state index contributed by atoms with van der Waals surface area (Å²) in [6.07, 6.45) is 6.98. The van der Waals surface area contributed by atoms with Gasteiger partial charge in [0.2, 0.25) is 5.91 Å².